The Kier molecular flexibility index (Phi) is 5.85. The molecular formula is C21H28N2O4. The highest BCUT2D eigenvalue weighted by atomic mass is 16.5. The van der Waals surface area contributed by atoms with Gasteiger partial charge in [-0.3, -0.25) is 4.79 Å². The Balaban J connectivity index is 1.74. The molecule has 0 spiro atoms. The van der Waals surface area contributed by atoms with Crippen molar-refractivity contribution in [2.45, 2.75) is 45.6 Å². The summed E-state index contributed by atoms with van der Waals surface area (Å²) < 4.78 is 11.4. The number of aryl methyl sites for hydroxylation is 2. The number of carbonyl (C=O) groups excluding carboxylic acids is 1. The van der Waals surface area contributed by atoms with E-state index in [9.17, 15) is 9.59 Å². The Morgan fingerprint density at radius 2 is 2.04 bits per heavy atom. The van der Waals surface area contributed by atoms with Crippen LogP contribution in [0, 0.1) is 6.92 Å². The molecule has 1 aliphatic rings. The standard InChI is InChI=1S/C21H28N2O4/c1-13-18(26-14(2)20(24)22-11-6-12-23(3)4)10-9-16-15-7-5-8-17(15)21(25)27-19(13)16/h9-10,14H,5-8,11-12H2,1-4H3,(H,22,24). The van der Waals surface area contributed by atoms with E-state index < -0.39 is 6.10 Å². The number of hydrogen-bond acceptors (Lipinski definition) is 5. The largest absolute Gasteiger partial charge is 0.480 e. The fraction of sp³-hybridized carbons (Fsp3) is 0.524. The number of nitrogens with zero attached hydrogens (tertiary/aromatic N) is 1. The predicted molar refractivity (Wildman–Crippen MR) is 106 cm³/mol. The first kappa shape index (κ1) is 19.4. The van der Waals surface area contributed by atoms with E-state index in [0.717, 1.165) is 54.3 Å². The minimum atomic E-state index is -0.623. The molecule has 1 unspecified atom stereocenters. The Morgan fingerprint density at radius 3 is 2.78 bits per heavy atom. The lowest BCUT2D eigenvalue weighted by Gasteiger charge is -2.17. The van der Waals surface area contributed by atoms with Crippen LogP contribution in [0.15, 0.2) is 21.3 Å². The zero-order valence-electron chi connectivity index (χ0n) is 16.6. The van der Waals surface area contributed by atoms with Crippen LogP contribution in [0.5, 0.6) is 5.75 Å². The van der Waals surface area contributed by atoms with Crippen molar-refractivity contribution >= 4 is 16.9 Å². The highest BCUT2D eigenvalue weighted by Gasteiger charge is 2.22. The molecule has 146 valence electrons. The molecule has 0 bridgehead atoms. The normalized spacial score (nSPS) is 14.4. The topological polar surface area (TPSA) is 71.8 Å². The summed E-state index contributed by atoms with van der Waals surface area (Å²) in [6, 6.07) is 3.80. The summed E-state index contributed by atoms with van der Waals surface area (Å²) in [4.78, 5) is 26.6. The van der Waals surface area contributed by atoms with E-state index in [1.54, 1.807) is 6.92 Å². The highest BCUT2D eigenvalue weighted by Crippen LogP contribution is 2.33. The van der Waals surface area contributed by atoms with Crippen LogP contribution in [-0.4, -0.2) is 44.1 Å². The van der Waals surface area contributed by atoms with Gasteiger partial charge in [-0.05, 0) is 77.9 Å². The van der Waals surface area contributed by atoms with Crippen molar-refractivity contribution in [2.24, 2.45) is 0 Å². The quantitative estimate of drug-likeness (QED) is 0.597. The van der Waals surface area contributed by atoms with E-state index in [2.05, 4.69) is 10.2 Å². The van der Waals surface area contributed by atoms with Gasteiger partial charge in [-0.25, -0.2) is 4.79 Å². The molecule has 1 atom stereocenters. The molecule has 1 heterocycles. The molecule has 0 saturated heterocycles. The van der Waals surface area contributed by atoms with E-state index in [1.165, 1.54) is 0 Å². The number of rotatable bonds is 7. The number of ether oxygens (including phenoxy) is 1. The van der Waals surface area contributed by atoms with Gasteiger partial charge in [-0.1, -0.05) is 0 Å². The fourth-order valence-corrected chi connectivity index (χ4v) is 3.59. The van der Waals surface area contributed by atoms with Crippen molar-refractivity contribution < 1.29 is 13.9 Å². The number of hydrogen-bond donors (Lipinski definition) is 1. The lowest BCUT2D eigenvalue weighted by atomic mass is 10.0. The van der Waals surface area contributed by atoms with Crippen molar-refractivity contribution in [3.63, 3.8) is 0 Å². The summed E-state index contributed by atoms with van der Waals surface area (Å²) in [7, 11) is 4.01. The van der Waals surface area contributed by atoms with Gasteiger partial charge < -0.3 is 19.4 Å². The Bertz CT molecular complexity index is 901. The third-order valence-electron chi connectivity index (χ3n) is 5.09. The van der Waals surface area contributed by atoms with E-state index in [-0.39, 0.29) is 11.5 Å². The van der Waals surface area contributed by atoms with Crippen LogP contribution in [0.2, 0.25) is 0 Å². The van der Waals surface area contributed by atoms with E-state index in [0.29, 0.717) is 17.9 Å². The molecule has 0 radical (unpaired) electrons. The monoisotopic (exact) mass is 372 g/mol. The molecule has 0 saturated carbocycles. The first-order valence-corrected chi connectivity index (χ1v) is 9.55. The Morgan fingerprint density at radius 1 is 1.30 bits per heavy atom. The molecule has 1 aromatic carbocycles. The van der Waals surface area contributed by atoms with Crippen LogP contribution >= 0.6 is 0 Å². The van der Waals surface area contributed by atoms with Gasteiger partial charge in [0, 0.05) is 23.1 Å². The molecule has 3 rings (SSSR count). The minimum Gasteiger partial charge on any atom is -0.480 e. The molecule has 6 nitrogen and oxygen atoms in total. The number of amides is 1. The summed E-state index contributed by atoms with van der Waals surface area (Å²) in [6.07, 6.45) is 2.94. The summed E-state index contributed by atoms with van der Waals surface area (Å²) in [5.74, 6) is 0.420. The molecule has 0 fully saturated rings. The van der Waals surface area contributed by atoms with Gasteiger partial charge in [0.1, 0.15) is 11.3 Å². The van der Waals surface area contributed by atoms with Gasteiger partial charge in [0.05, 0.1) is 0 Å². The first-order chi connectivity index (χ1) is 12.9. The molecular weight excluding hydrogens is 344 g/mol. The van der Waals surface area contributed by atoms with E-state index >= 15 is 0 Å². The molecule has 2 aromatic rings. The lowest BCUT2D eigenvalue weighted by Crippen LogP contribution is -2.37. The molecule has 1 aliphatic carbocycles. The van der Waals surface area contributed by atoms with Gasteiger partial charge in [-0.2, -0.15) is 0 Å². The SMILES string of the molecule is Cc1c(OC(C)C(=O)NCCCN(C)C)ccc2c3c(c(=O)oc12)CCC3. The Hall–Kier alpha value is -2.34. The second kappa shape index (κ2) is 8.13. The molecule has 27 heavy (non-hydrogen) atoms. The number of fused-ring (bicyclic) bond motifs is 3. The third-order valence-corrected chi connectivity index (χ3v) is 5.09. The average Bonchev–Trinajstić information content (AvgIpc) is 3.12. The van der Waals surface area contributed by atoms with Crippen LogP contribution in [0.25, 0.3) is 11.0 Å². The third kappa shape index (κ3) is 4.16. The van der Waals surface area contributed by atoms with Crippen molar-refractivity contribution in [1.82, 2.24) is 10.2 Å². The summed E-state index contributed by atoms with van der Waals surface area (Å²) in [5.41, 5.74) is 2.98. The van der Waals surface area contributed by atoms with Gasteiger partial charge in [-0.15, -0.1) is 0 Å². The molecule has 1 N–H and O–H groups in total. The predicted octanol–water partition coefficient (Wildman–Crippen LogP) is 2.43. The van der Waals surface area contributed by atoms with Crippen molar-refractivity contribution in [1.29, 1.82) is 0 Å². The molecule has 1 aromatic heterocycles. The van der Waals surface area contributed by atoms with Crippen molar-refractivity contribution in [2.75, 3.05) is 27.2 Å². The maximum absolute atomic E-state index is 12.3. The van der Waals surface area contributed by atoms with E-state index in [1.807, 2.05) is 33.2 Å². The zero-order chi connectivity index (χ0) is 19.6. The summed E-state index contributed by atoms with van der Waals surface area (Å²) in [6.45, 7) is 5.12. The van der Waals surface area contributed by atoms with Gasteiger partial charge >= 0.3 is 5.63 Å². The van der Waals surface area contributed by atoms with Gasteiger partial charge in [0.25, 0.3) is 5.91 Å². The smallest absolute Gasteiger partial charge is 0.339 e. The maximum atomic E-state index is 12.3. The summed E-state index contributed by atoms with van der Waals surface area (Å²) >= 11 is 0. The fourth-order valence-electron chi connectivity index (χ4n) is 3.59. The second-order valence-electron chi connectivity index (χ2n) is 7.47. The van der Waals surface area contributed by atoms with E-state index in [4.69, 9.17) is 9.15 Å². The van der Waals surface area contributed by atoms with Crippen LogP contribution < -0.4 is 15.7 Å². The molecule has 1 amide bonds. The summed E-state index contributed by atoms with van der Waals surface area (Å²) in [5, 5.41) is 3.87. The molecule has 0 aliphatic heterocycles. The van der Waals surface area contributed by atoms with Crippen molar-refractivity contribution in [3.05, 3.63) is 39.2 Å². The Labute approximate surface area is 159 Å². The van der Waals surface area contributed by atoms with Gasteiger partial charge in [0.15, 0.2) is 6.10 Å². The number of carbonyl (C=O) groups is 1. The lowest BCUT2D eigenvalue weighted by molar-refractivity contribution is -0.127. The van der Waals surface area contributed by atoms with Gasteiger partial charge in [0.2, 0.25) is 0 Å². The minimum absolute atomic E-state index is 0.149. The number of nitrogens with one attached hydrogen (secondary N) is 1. The van der Waals surface area contributed by atoms with Crippen LogP contribution in [0.1, 0.15) is 36.5 Å². The van der Waals surface area contributed by atoms with Crippen LogP contribution in [-0.2, 0) is 17.6 Å². The average molecular weight is 372 g/mol. The number of benzene rings is 1. The first-order valence-electron chi connectivity index (χ1n) is 9.55. The maximum Gasteiger partial charge on any atom is 0.339 e. The zero-order valence-corrected chi connectivity index (χ0v) is 16.6. The van der Waals surface area contributed by atoms with Crippen molar-refractivity contribution in [3.8, 4) is 5.75 Å². The van der Waals surface area contributed by atoms with Crippen LogP contribution in [0.3, 0.4) is 0 Å². The molecule has 6 heteroatoms. The van der Waals surface area contributed by atoms with Crippen LogP contribution in [0.4, 0.5) is 0 Å². The highest BCUT2D eigenvalue weighted by molar-refractivity contribution is 5.86. The second-order valence-corrected chi connectivity index (χ2v) is 7.47.